The van der Waals surface area contributed by atoms with Gasteiger partial charge in [0, 0.05) is 5.56 Å². The summed E-state index contributed by atoms with van der Waals surface area (Å²) in [5, 5.41) is -0.127. The van der Waals surface area contributed by atoms with Crippen LogP contribution in [0.2, 0.25) is 0 Å². The Hall–Kier alpha value is -1.57. The molecule has 0 radical (unpaired) electrons. The number of rotatable bonds is 2. The first-order chi connectivity index (χ1) is 8.65. The molecule has 0 saturated carbocycles. The summed E-state index contributed by atoms with van der Waals surface area (Å²) in [4.78, 5) is 24.7. The summed E-state index contributed by atoms with van der Waals surface area (Å²) < 4.78 is 0. The second kappa shape index (κ2) is 4.97. The second-order valence-corrected chi connectivity index (χ2v) is 5.08. The molecule has 1 atom stereocenters. The molecule has 0 aliphatic heterocycles. The molecule has 0 bridgehead atoms. The molecule has 0 N–H and O–H groups in total. The van der Waals surface area contributed by atoms with Gasteiger partial charge < -0.3 is 0 Å². The van der Waals surface area contributed by atoms with Gasteiger partial charge in [-0.3, -0.25) is 9.59 Å². The number of allylic oxidation sites excluding steroid dienone is 1. The van der Waals surface area contributed by atoms with Crippen LogP contribution >= 0.6 is 11.8 Å². The smallest absolute Gasteiger partial charge is 0.207 e. The highest BCUT2D eigenvalue weighted by atomic mass is 32.2. The van der Waals surface area contributed by atoms with E-state index in [0.717, 1.165) is 23.7 Å². The van der Waals surface area contributed by atoms with E-state index in [4.69, 9.17) is 0 Å². The molecule has 3 heteroatoms. The van der Waals surface area contributed by atoms with E-state index in [2.05, 4.69) is 12.3 Å². The van der Waals surface area contributed by atoms with Gasteiger partial charge in [-0.05, 0) is 30.7 Å². The molecular formula is C15H14O2S. The van der Waals surface area contributed by atoms with Gasteiger partial charge in [0.1, 0.15) is 5.41 Å². The lowest BCUT2D eigenvalue weighted by molar-refractivity contribution is -0.116. The summed E-state index contributed by atoms with van der Waals surface area (Å²) in [7, 11) is 0. The highest BCUT2D eigenvalue weighted by Gasteiger charge is 2.46. The molecule has 1 aromatic rings. The fraction of sp³-hybridized carbons (Fsp3) is 0.267. The summed E-state index contributed by atoms with van der Waals surface area (Å²) in [5.74, 6) is -0.125. The predicted octanol–water partition coefficient (Wildman–Crippen LogP) is 3.03. The third kappa shape index (κ3) is 1.86. The summed E-state index contributed by atoms with van der Waals surface area (Å²) in [5.41, 5.74) is 3.22. The van der Waals surface area contributed by atoms with Crippen LogP contribution in [0, 0.1) is 5.41 Å². The standard InChI is InChI=1S/C15H14O2S/c1-3-9-15(14(17)18-2)10-8-11-6-4-5-7-12(11)13(15)16/h4-7,9H,1,8,10H2,2H3. The van der Waals surface area contributed by atoms with E-state index in [9.17, 15) is 9.59 Å². The SMILES string of the molecule is C=C=CC1(C(=O)SC)CCc2ccccc2C1=O. The molecule has 0 saturated heterocycles. The number of Topliss-reactive ketones (excluding diaryl/α,β-unsaturated/α-hetero) is 1. The molecule has 0 heterocycles. The van der Waals surface area contributed by atoms with Crippen LogP contribution in [0.4, 0.5) is 0 Å². The molecule has 0 spiro atoms. The molecule has 92 valence electrons. The minimum Gasteiger partial charge on any atom is -0.293 e. The van der Waals surface area contributed by atoms with Crippen LogP contribution < -0.4 is 0 Å². The fourth-order valence-electron chi connectivity index (χ4n) is 2.39. The monoisotopic (exact) mass is 258 g/mol. The number of aryl methyl sites for hydroxylation is 1. The zero-order valence-corrected chi connectivity index (χ0v) is 11.0. The van der Waals surface area contributed by atoms with Crippen molar-refractivity contribution < 1.29 is 9.59 Å². The number of hydrogen-bond donors (Lipinski definition) is 0. The van der Waals surface area contributed by atoms with Gasteiger partial charge in [-0.15, -0.1) is 5.73 Å². The van der Waals surface area contributed by atoms with Gasteiger partial charge in [-0.1, -0.05) is 42.6 Å². The second-order valence-electron chi connectivity index (χ2n) is 4.30. The lowest BCUT2D eigenvalue weighted by Crippen LogP contribution is -2.40. The van der Waals surface area contributed by atoms with E-state index >= 15 is 0 Å². The van der Waals surface area contributed by atoms with Gasteiger partial charge in [0.15, 0.2) is 5.78 Å². The van der Waals surface area contributed by atoms with Crippen molar-refractivity contribution in [3.05, 3.63) is 53.8 Å². The first-order valence-corrected chi connectivity index (χ1v) is 6.96. The Morgan fingerprint density at radius 1 is 1.50 bits per heavy atom. The van der Waals surface area contributed by atoms with Crippen LogP contribution in [0.25, 0.3) is 0 Å². The molecule has 0 fully saturated rings. The molecule has 2 nitrogen and oxygen atoms in total. The molecular weight excluding hydrogens is 244 g/mol. The van der Waals surface area contributed by atoms with Crippen LogP contribution in [0.5, 0.6) is 0 Å². The van der Waals surface area contributed by atoms with Crippen LogP contribution in [0.15, 0.2) is 42.7 Å². The molecule has 1 aromatic carbocycles. The Labute approximate surface area is 111 Å². The lowest BCUT2D eigenvalue weighted by atomic mass is 9.71. The molecule has 1 aliphatic carbocycles. The quantitative estimate of drug-likeness (QED) is 0.604. The minimum atomic E-state index is -1.07. The largest absolute Gasteiger partial charge is 0.293 e. The average Bonchev–Trinajstić information content (AvgIpc) is 2.41. The van der Waals surface area contributed by atoms with Crippen molar-refractivity contribution in [3.63, 3.8) is 0 Å². The number of hydrogen-bond acceptors (Lipinski definition) is 3. The van der Waals surface area contributed by atoms with Crippen molar-refractivity contribution in [2.24, 2.45) is 5.41 Å². The first-order valence-electron chi connectivity index (χ1n) is 5.74. The van der Waals surface area contributed by atoms with E-state index in [0.29, 0.717) is 12.0 Å². The minimum absolute atomic E-state index is 0.125. The summed E-state index contributed by atoms with van der Waals surface area (Å²) in [6, 6.07) is 7.47. The van der Waals surface area contributed by atoms with Gasteiger partial charge in [0.2, 0.25) is 5.12 Å². The van der Waals surface area contributed by atoms with Crippen molar-refractivity contribution in [1.82, 2.24) is 0 Å². The maximum atomic E-state index is 12.6. The lowest BCUT2D eigenvalue weighted by Gasteiger charge is -2.31. The molecule has 1 unspecified atom stereocenters. The van der Waals surface area contributed by atoms with Crippen molar-refractivity contribution in [2.75, 3.05) is 6.26 Å². The van der Waals surface area contributed by atoms with Crippen molar-refractivity contribution in [3.8, 4) is 0 Å². The van der Waals surface area contributed by atoms with Gasteiger partial charge >= 0.3 is 0 Å². The van der Waals surface area contributed by atoms with E-state index in [1.165, 1.54) is 6.08 Å². The predicted molar refractivity (Wildman–Crippen MR) is 73.8 cm³/mol. The van der Waals surface area contributed by atoms with Gasteiger partial charge in [-0.25, -0.2) is 0 Å². The van der Waals surface area contributed by atoms with Gasteiger partial charge in [-0.2, -0.15) is 0 Å². The number of benzene rings is 1. The van der Waals surface area contributed by atoms with Gasteiger partial charge in [0.05, 0.1) is 0 Å². The van der Waals surface area contributed by atoms with E-state index in [-0.39, 0.29) is 10.9 Å². The Bertz CT molecular complexity index is 555. The zero-order valence-electron chi connectivity index (χ0n) is 10.2. The number of carbonyl (C=O) groups is 2. The van der Waals surface area contributed by atoms with E-state index in [1.807, 2.05) is 18.2 Å². The summed E-state index contributed by atoms with van der Waals surface area (Å²) in [6.45, 7) is 3.51. The van der Waals surface area contributed by atoms with Crippen molar-refractivity contribution >= 4 is 22.7 Å². The Morgan fingerprint density at radius 2 is 2.22 bits per heavy atom. The van der Waals surface area contributed by atoms with E-state index < -0.39 is 5.41 Å². The average molecular weight is 258 g/mol. The van der Waals surface area contributed by atoms with Crippen molar-refractivity contribution in [1.29, 1.82) is 0 Å². The molecule has 2 rings (SSSR count). The first kappa shape index (κ1) is 12.9. The maximum Gasteiger partial charge on any atom is 0.207 e. The number of thioether (sulfide) groups is 1. The van der Waals surface area contributed by atoms with Crippen LogP contribution in [-0.4, -0.2) is 17.2 Å². The number of fused-ring (bicyclic) bond motifs is 1. The highest BCUT2D eigenvalue weighted by molar-refractivity contribution is 8.13. The fourth-order valence-corrected chi connectivity index (χ4v) is 3.01. The van der Waals surface area contributed by atoms with Crippen LogP contribution in [-0.2, 0) is 11.2 Å². The Morgan fingerprint density at radius 3 is 2.89 bits per heavy atom. The summed E-state index contributed by atoms with van der Waals surface area (Å²) >= 11 is 1.09. The highest BCUT2D eigenvalue weighted by Crippen LogP contribution is 2.39. The van der Waals surface area contributed by atoms with Crippen LogP contribution in [0.1, 0.15) is 22.3 Å². The normalized spacial score (nSPS) is 21.9. The maximum absolute atomic E-state index is 12.6. The van der Waals surface area contributed by atoms with Crippen LogP contribution in [0.3, 0.4) is 0 Å². The molecule has 18 heavy (non-hydrogen) atoms. The number of ketones is 1. The zero-order chi connectivity index (χ0) is 13.2. The third-order valence-electron chi connectivity index (χ3n) is 3.35. The Balaban J connectivity index is 2.57. The topological polar surface area (TPSA) is 34.1 Å². The summed E-state index contributed by atoms with van der Waals surface area (Å²) in [6.07, 6.45) is 4.47. The Kier molecular flexibility index (Phi) is 3.55. The van der Waals surface area contributed by atoms with Crippen molar-refractivity contribution in [2.45, 2.75) is 12.8 Å². The number of carbonyl (C=O) groups excluding carboxylic acids is 2. The van der Waals surface area contributed by atoms with E-state index in [1.54, 1.807) is 12.3 Å². The molecule has 0 amide bonds. The molecule has 0 aromatic heterocycles. The third-order valence-corrected chi connectivity index (χ3v) is 4.09. The molecule has 1 aliphatic rings. The van der Waals surface area contributed by atoms with Gasteiger partial charge in [0.25, 0.3) is 0 Å².